The smallest absolute Gasteiger partial charge is 0.331 e. The molecule has 0 bridgehead atoms. The van der Waals surface area contributed by atoms with Gasteiger partial charge in [-0.3, -0.25) is 14.5 Å². The number of benzene rings is 3. The zero-order valence-electron chi connectivity index (χ0n) is 23.1. The van der Waals surface area contributed by atoms with Crippen molar-refractivity contribution in [2.24, 2.45) is 5.92 Å². The van der Waals surface area contributed by atoms with Gasteiger partial charge in [-0.2, -0.15) is 13.2 Å². The maximum atomic E-state index is 14.9. The lowest BCUT2D eigenvalue weighted by Gasteiger charge is -2.41. The van der Waals surface area contributed by atoms with Crippen molar-refractivity contribution in [3.05, 3.63) is 99.8 Å². The van der Waals surface area contributed by atoms with E-state index in [0.717, 1.165) is 0 Å². The maximum Gasteiger partial charge on any atom is 0.404 e. The van der Waals surface area contributed by atoms with Crippen LogP contribution in [0.1, 0.15) is 58.8 Å². The third-order valence-electron chi connectivity index (χ3n) is 8.21. The Morgan fingerprint density at radius 1 is 0.976 bits per heavy atom. The van der Waals surface area contributed by atoms with Crippen LogP contribution in [0.15, 0.2) is 66.7 Å². The lowest BCUT2D eigenvalue weighted by molar-refractivity contribution is -0.177. The summed E-state index contributed by atoms with van der Waals surface area (Å²) in [6, 6.07) is 16.0. The standard InChI is InChI=1S/C32H32ClF4N3O2/c1-20-6-2-10-26(34)28(20)31(42)40-17-4-9-25(30(41)38-24-8-3-7-23(33)18-24)29(40)22-14-12-21(13-15-22)19-39-16-5-11-27(39)32(35,36)37/h2-3,6-8,10,12-15,18,25,27,29H,4-5,9,11,16-17,19H2,1H3,(H,38,41)/t25?,27?,29-/m0/s1. The van der Waals surface area contributed by atoms with Crippen LogP contribution in [0.5, 0.6) is 0 Å². The van der Waals surface area contributed by atoms with Gasteiger partial charge >= 0.3 is 6.18 Å². The second-order valence-electron chi connectivity index (χ2n) is 11.0. The molecule has 3 aromatic rings. The largest absolute Gasteiger partial charge is 0.404 e. The second kappa shape index (κ2) is 12.4. The first-order valence-electron chi connectivity index (χ1n) is 14.0. The monoisotopic (exact) mass is 601 g/mol. The lowest BCUT2D eigenvalue weighted by atomic mass is 9.83. The van der Waals surface area contributed by atoms with Crippen LogP contribution in [0.25, 0.3) is 0 Å². The molecule has 222 valence electrons. The molecule has 5 nitrogen and oxygen atoms in total. The molecule has 10 heteroatoms. The molecule has 2 aliphatic heterocycles. The van der Waals surface area contributed by atoms with Crippen LogP contribution in [0, 0.1) is 18.7 Å². The molecule has 2 amide bonds. The van der Waals surface area contributed by atoms with Gasteiger partial charge in [0.25, 0.3) is 5.91 Å². The van der Waals surface area contributed by atoms with E-state index in [2.05, 4.69) is 5.32 Å². The van der Waals surface area contributed by atoms with Gasteiger partial charge in [-0.1, -0.05) is 54.1 Å². The fourth-order valence-corrected chi connectivity index (χ4v) is 6.39. The molecule has 0 radical (unpaired) electrons. The molecular formula is C32H32ClF4N3O2. The number of nitrogens with zero attached hydrogens (tertiary/aromatic N) is 2. The van der Waals surface area contributed by atoms with E-state index in [1.165, 1.54) is 11.0 Å². The first kappa shape index (κ1) is 30.0. The van der Waals surface area contributed by atoms with Crippen molar-refractivity contribution < 1.29 is 27.2 Å². The predicted molar refractivity (Wildman–Crippen MR) is 154 cm³/mol. The Hall–Kier alpha value is -3.43. The minimum atomic E-state index is -4.28. The molecule has 1 N–H and O–H groups in total. The molecule has 0 aromatic heterocycles. The molecule has 2 saturated heterocycles. The number of halogens is 5. The van der Waals surface area contributed by atoms with Crippen molar-refractivity contribution in [1.82, 2.24) is 9.80 Å². The predicted octanol–water partition coefficient (Wildman–Crippen LogP) is 7.55. The minimum absolute atomic E-state index is 0.0396. The van der Waals surface area contributed by atoms with Gasteiger partial charge in [-0.05, 0) is 80.1 Å². The van der Waals surface area contributed by atoms with Gasteiger partial charge in [-0.15, -0.1) is 0 Å². The number of aryl methyl sites for hydroxylation is 1. The van der Waals surface area contributed by atoms with Gasteiger partial charge in [0, 0.05) is 23.8 Å². The highest BCUT2D eigenvalue weighted by Crippen LogP contribution is 2.39. The fourth-order valence-electron chi connectivity index (χ4n) is 6.20. The molecule has 3 atom stereocenters. The van der Waals surface area contributed by atoms with Crippen molar-refractivity contribution >= 4 is 29.1 Å². The molecule has 5 rings (SSSR count). The Kier molecular flexibility index (Phi) is 8.89. The topological polar surface area (TPSA) is 52.7 Å². The zero-order valence-corrected chi connectivity index (χ0v) is 23.9. The van der Waals surface area contributed by atoms with E-state index in [0.29, 0.717) is 59.8 Å². The lowest BCUT2D eigenvalue weighted by Crippen LogP contribution is -2.46. The van der Waals surface area contributed by atoms with Crippen molar-refractivity contribution in [2.75, 3.05) is 18.4 Å². The third-order valence-corrected chi connectivity index (χ3v) is 8.44. The van der Waals surface area contributed by atoms with Crippen LogP contribution in [0.2, 0.25) is 5.02 Å². The van der Waals surface area contributed by atoms with Gasteiger partial charge < -0.3 is 10.2 Å². The van der Waals surface area contributed by atoms with E-state index in [1.807, 2.05) is 0 Å². The van der Waals surface area contributed by atoms with E-state index in [4.69, 9.17) is 11.6 Å². The number of amides is 2. The Morgan fingerprint density at radius 3 is 2.38 bits per heavy atom. The number of anilines is 1. The van der Waals surface area contributed by atoms with Crippen LogP contribution in [-0.2, 0) is 11.3 Å². The van der Waals surface area contributed by atoms with E-state index in [1.54, 1.807) is 72.5 Å². The number of hydrogen-bond acceptors (Lipinski definition) is 3. The number of carbonyl (C=O) groups is 2. The number of rotatable bonds is 6. The van der Waals surface area contributed by atoms with E-state index in [-0.39, 0.29) is 24.4 Å². The highest BCUT2D eigenvalue weighted by Gasteiger charge is 2.46. The zero-order chi connectivity index (χ0) is 30.0. The normalized spacial score (nSPS) is 21.4. The highest BCUT2D eigenvalue weighted by atomic mass is 35.5. The summed E-state index contributed by atoms with van der Waals surface area (Å²) in [6.07, 6.45) is -2.69. The maximum absolute atomic E-state index is 14.9. The molecular weight excluding hydrogens is 570 g/mol. The van der Waals surface area contributed by atoms with Crippen molar-refractivity contribution in [2.45, 2.75) is 57.4 Å². The van der Waals surface area contributed by atoms with Crippen LogP contribution in [0.3, 0.4) is 0 Å². The van der Waals surface area contributed by atoms with E-state index in [9.17, 15) is 27.2 Å². The quantitative estimate of drug-likeness (QED) is 0.297. The van der Waals surface area contributed by atoms with Gasteiger partial charge in [0.15, 0.2) is 0 Å². The first-order valence-corrected chi connectivity index (χ1v) is 14.4. The molecule has 3 aromatic carbocycles. The molecule has 42 heavy (non-hydrogen) atoms. The molecule has 2 heterocycles. The van der Waals surface area contributed by atoms with E-state index >= 15 is 0 Å². The summed E-state index contributed by atoms with van der Waals surface area (Å²) in [4.78, 5) is 30.5. The number of alkyl halides is 3. The van der Waals surface area contributed by atoms with Crippen molar-refractivity contribution in [3.8, 4) is 0 Å². The number of likely N-dealkylation sites (tertiary alicyclic amines) is 2. The Labute approximate surface area is 247 Å². The van der Waals surface area contributed by atoms with Crippen molar-refractivity contribution in [3.63, 3.8) is 0 Å². The van der Waals surface area contributed by atoms with Crippen LogP contribution >= 0.6 is 11.6 Å². The summed E-state index contributed by atoms with van der Waals surface area (Å²) in [5.74, 6) is -2.11. The summed E-state index contributed by atoms with van der Waals surface area (Å²) in [6.45, 7) is 2.50. The first-order chi connectivity index (χ1) is 20.0. The third kappa shape index (κ3) is 6.47. The average Bonchev–Trinajstić information content (AvgIpc) is 3.42. The number of hydrogen-bond donors (Lipinski definition) is 1. The summed E-state index contributed by atoms with van der Waals surface area (Å²) in [7, 11) is 0. The molecule has 2 aliphatic rings. The van der Waals surface area contributed by atoms with E-state index < -0.39 is 35.9 Å². The highest BCUT2D eigenvalue weighted by molar-refractivity contribution is 6.30. The fraction of sp³-hybridized carbons (Fsp3) is 0.375. The van der Waals surface area contributed by atoms with Crippen LogP contribution in [-0.4, -0.2) is 46.9 Å². The second-order valence-corrected chi connectivity index (χ2v) is 11.5. The van der Waals surface area contributed by atoms with Gasteiger partial charge in [0.1, 0.15) is 11.9 Å². The van der Waals surface area contributed by atoms with Gasteiger partial charge in [-0.25, -0.2) is 4.39 Å². The number of piperidine rings is 1. The molecule has 0 saturated carbocycles. The Morgan fingerprint density at radius 2 is 1.69 bits per heavy atom. The summed E-state index contributed by atoms with van der Waals surface area (Å²) in [5, 5.41) is 3.36. The number of carbonyl (C=O) groups excluding carboxylic acids is 2. The van der Waals surface area contributed by atoms with Gasteiger partial charge in [0.2, 0.25) is 5.91 Å². The average molecular weight is 602 g/mol. The number of nitrogens with one attached hydrogen (secondary N) is 1. The minimum Gasteiger partial charge on any atom is -0.331 e. The molecule has 2 fully saturated rings. The van der Waals surface area contributed by atoms with Crippen LogP contribution in [0.4, 0.5) is 23.2 Å². The SMILES string of the molecule is Cc1cccc(F)c1C(=O)N1CCCC(C(=O)Nc2cccc(Cl)c2)[C@@H]1c1ccc(CN2CCCC2C(F)(F)F)cc1. The molecule has 2 unspecified atom stereocenters. The van der Waals surface area contributed by atoms with Crippen molar-refractivity contribution in [1.29, 1.82) is 0 Å². The summed E-state index contributed by atoms with van der Waals surface area (Å²) < 4.78 is 55.4. The molecule has 0 spiro atoms. The van der Waals surface area contributed by atoms with Crippen LogP contribution < -0.4 is 5.32 Å². The van der Waals surface area contributed by atoms with Gasteiger partial charge in [0.05, 0.1) is 17.5 Å². The summed E-state index contributed by atoms with van der Waals surface area (Å²) in [5.41, 5.74) is 2.32. The summed E-state index contributed by atoms with van der Waals surface area (Å²) >= 11 is 6.10. The molecule has 0 aliphatic carbocycles. The Balaban J connectivity index is 1.46. The Bertz CT molecular complexity index is 1430.